The number of anilines is 1. The van der Waals surface area contributed by atoms with Crippen LogP contribution in [0.4, 0.5) is 10.1 Å². The maximum Gasteiger partial charge on any atom is 0.165 e. The summed E-state index contributed by atoms with van der Waals surface area (Å²) in [5, 5.41) is 3.49. The summed E-state index contributed by atoms with van der Waals surface area (Å²) >= 11 is 5.90. The summed E-state index contributed by atoms with van der Waals surface area (Å²) in [4.78, 5) is 3.95. The van der Waals surface area contributed by atoms with Crippen molar-refractivity contribution < 1.29 is 9.13 Å². The van der Waals surface area contributed by atoms with Gasteiger partial charge in [0.05, 0.1) is 12.8 Å². The molecule has 0 bridgehead atoms. The summed E-state index contributed by atoms with van der Waals surface area (Å²) in [6.07, 6.45) is 1.61. The van der Waals surface area contributed by atoms with Crippen LogP contribution < -0.4 is 10.1 Å². The van der Waals surface area contributed by atoms with Gasteiger partial charge in [-0.05, 0) is 29.8 Å². The fraction of sp³-hybridized carbons (Fsp3) is 0.154. The number of aromatic nitrogens is 1. The van der Waals surface area contributed by atoms with E-state index in [2.05, 4.69) is 10.3 Å². The molecule has 0 spiro atoms. The first-order valence-electron chi connectivity index (χ1n) is 5.37. The monoisotopic (exact) mass is 266 g/mol. The Hall–Kier alpha value is -1.81. The Balaban J connectivity index is 2.07. The number of benzene rings is 1. The molecular formula is C13H12ClFN2O. The van der Waals surface area contributed by atoms with Gasteiger partial charge in [0.2, 0.25) is 0 Å². The standard InChI is InChI=1S/C13H12ClFN2O/c1-18-12-5-4-9(7-10(12)15)8-17-11-3-2-6-16-13(11)14/h2-7,17H,8H2,1H3. The van der Waals surface area contributed by atoms with Gasteiger partial charge in [0.15, 0.2) is 16.7 Å². The molecule has 0 radical (unpaired) electrons. The molecule has 0 saturated carbocycles. The zero-order valence-electron chi connectivity index (χ0n) is 9.78. The molecule has 0 saturated heterocycles. The summed E-state index contributed by atoms with van der Waals surface area (Å²) in [6.45, 7) is 0.465. The Morgan fingerprint density at radius 3 is 2.89 bits per heavy atom. The van der Waals surface area contributed by atoms with Gasteiger partial charge in [0, 0.05) is 12.7 Å². The largest absolute Gasteiger partial charge is 0.494 e. The molecule has 2 aromatic rings. The van der Waals surface area contributed by atoms with Gasteiger partial charge in [-0.1, -0.05) is 17.7 Å². The van der Waals surface area contributed by atoms with E-state index < -0.39 is 0 Å². The number of halogens is 2. The molecule has 3 nitrogen and oxygen atoms in total. The molecule has 0 aliphatic heterocycles. The van der Waals surface area contributed by atoms with Crippen LogP contribution in [0.5, 0.6) is 5.75 Å². The van der Waals surface area contributed by atoms with Gasteiger partial charge < -0.3 is 10.1 Å². The summed E-state index contributed by atoms with van der Waals surface area (Å²) in [5.74, 6) is -0.146. The first-order valence-corrected chi connectivity index (χ1v) is 5.75. The molecule has 2 rings (SSSR count). The second-order valence-corrected chi connectivity index (χ2v) is 4.02. The van der Waals surface area contributed by atoms with E-state index in [9.17, 15) is 4.39 Å². The lowest BCUT2D eigenvalue weighted by Gasteiger charge is -2.08. The van der Waals surface area contributed by atoms with Crippen molar-refractivity contribution in [2.24, 2.45) is 0 Å². The molecule has 5 heteroatoms. The number of hydrogen-bond acceptors (Lipinski definition) is 3. The first-order chi connectivity index (χ1) is 8.70. The second kappa shape index (κ2) is 5.69. The Kier molecular flexibility index (Phi) is 3.99. The van der Waals surface area contributed by atoms with Gasteiger partial charge in [-0.15, -0.1) is 0 Å². The highest BCUT2D eigenvalue weighted by Crippen LogP contribution is 2.21. The molecule has 0 amide bonds. The summed E-state index contributed by atoms with van der Waals surface area (Å²) in [7, 11) is 1.44. The third-order valence-corrected chi connectivity index (χ3v) is 2.76. The summed E-state index contributed by atoms with van der Waals surface area (Å²) in [5.41, 5.74) is 1.52. The zero-order valence-corrected chi connectivity index (χ0v) is 10.5. The van der Waals surface area contributed by atoms with Crippen molar-refractivity contribution in [3.63, 3.8) is 0 Å². The molecule has 1 N–H and O–H groups in total. The van der Waals surface area contributed by atoms with Crippen molar-refractivity contribution in [2.75, 3.05) is 12.4 Å². The maximum atomic E-state index is 13.5. The van der Waals surface area contributed by atoms with Crippen molar-refractivity contribution in [1.29, 1.82) is 0 Å². The van der Waals surface area contributed by atoms with Gasteiger partial charge in [-0.25, -0.2) is 9.37 Å². The van der Waals surface area contributed by atoms with E-state index in [1.165, 1.54) is 13.2 Å². The predicted molar refractivity (Wildman–Crippen MR) is 69.5 cm³/mol. The number of hydrogen-bond donors (Lipinski definition) is 1. The molecule has 1 aromatic carbocycles. The van der Waals surface area contributed by atoms with Crippen LogP contribution in [-0.4, -0.2) is 12.1 Å². The van der Waals surface area contributed by atoms with Crippen molar-refractivity contribution >= 4 is 17.3 Å². The Bertz CT molecular complexity index is 548. The molecule has 1 aromatic heterocycles. The van der Waals surface area contributed by atoms with Crippen molar-refractivity contribution in [3.05, 3.63) is 53.1 Å². The van der Waals surface area contributed by atoms with Gasteiger partial charge in [-0.2, -0.15) is 0 Å². The minimum absolute atomic E-state index is 0.234. The minimum Gasteiger partial charge on any atom is -0.494 e. The number of ether oxygens (including phenoxy) is 1. The van der Waals surface area contributed by atoms with E-state index in [1.807, 2.05) is 6.07 Å². The van der Waals surface area contributed by atoms with Gasteiger partial charge in [0.25, 0.3) is 0 Å². The minimum atomic E-state index is -0.380. The second-order valence-electron chi connectivity index (χ2n) is 3.66. The normalized spacial score (nSPS) is 10.2. The first kappa shape index (κ1) is 12.6. The zero-order chi connectivity index (χ0) is 13.0. The molecule has 0 unspecified atom stereocenters. The fourth-order valence-electron chi connectivity index (χ4n) is 1.54. The lowest BCUT2D eigenvalue weighted by Crippen LogP contribution is -2.01. The van der Waals surface area contributed by atoms with E-state index in [4.69, 9.17) is 16.3 Å². The molecule has 0 aliphatic carbocycles. The Labute approximate surface area is 110 Å². The van der Waals surface area contributed by atoms with Crippen molar-refractivity contribution in [2.45, 2.75) is 6.54 Å². The predicted octanol–water partition coefficient (Wildman–Crippen LogP) is 3.49. The van der Waals surface area contributed by atoms with Crippen LogP contribution in [0.1, 0.15) is 5.56 Å². The highest BCUT2D eigenvalue weighted by atomic mass is 35.5. The van der Waals surface area contributed by atoms with Crippen molar-refractivity contribution in [1.82, 2.24) is 4.98 Å². The molecule has 0 fully saturated rings. The molecule has 18 heavy (non-hydrogen) atoms. The van der Waals surface area contributed by atoms with Crippen LogP contribution in [-0.2, 0) is 6.54 Å². The molecule has 94 valence electrons. The fourth-order valence-corrected chi connectivity index (χ4v) is 1.72. The number of methoxy groups -OCH3 is 1. The van der Waals surface area contributed by atoms with E-state index in [1.54, 1.807) is 24.4 Å². The van der Waals surface area contributed by atoms with E-state index in [0.717, 1.165) is 11.3 Å². The molecule has 0 aliphatic rings. The lowest BCUT2D eigenvalue weighted by atomic mass is 10.2. The van der Waals surface area contributed by atoms with Crippen LogP contribution in [0.15, 0.2) is 36.5 Å². The van der Waals surface area contributed by atoms with Crippen LogP contribution >= 0.6 is 11.6 Å². The SMILES string of the molecule is COc1ccc(CNc2cccnc2Cl)cc1F. The van der Waals surface area contributed by atoms with E-state index in [0.29, 0.717) is 11.7 Å². The summed E-state index contributed by atoms with van der Waals surface area (Å²) < 4.78 is 18.3. The van der Waals surface area contributed by atoms with E-state index >= 15 is 0 Å². The Morgan fingerprint density at radius 1 is 1.39 bits per heavy atom. The van der Waals surface area contributed by atoms with Crippen LogP contribution in [0.2, 0.25) is 5.15 Å². The van der Waals surface area contributed by atoms with Crippen LogP contribution in [0.3, 0.4) is 0 Å². The van der Waals surface area contributed by atoms with Gasteiger partial charge in [0.1, 0.15) is 0 Å². The topological polar surface area (TPSA) is 34.1 Å². The van der Waals surface area contributed by atoms with Crippen LogP contribution in [0.25, 0.3) is 0 Å². The smallest absolute Gasteiger partial charge is 0.165 e. The average molecular weight is 267 g/mol. The number of pyridine rings is 1. The molecule has 1 heterocycles. The van der Waals surface area contributed by atoms with Crippen LogP contribution in [0, 0.1) is 5.82 Å². The van der Waals surface area contributed by atoms with Gasteiger partial charge >= 0.3 is 0 Å². The highest BCUT2D eigenvalue weighted by molar-refractivity contribution is 6.31. The highest BCUT2D eigenvalue weighted by Gasteiger charge is 2.04. The number of nitrogens with one attached hydrogen (secondary N) is 1. The average Bonchev–Trinajstić information content (AvgIpc) is 2.38. The summed E-state index contributed by atoms with van der Waals surface area (Å²) in [6, 6.07) is 8.41. The van der Waals surface area contributed by atoms with E-state index in [-0.39, 0.29) is 11.6 Å². The quantitative estimate of drug-likeness (QED) is 0.860. The lowest BCUT2D eigenvalue weighted by molar-refractivity contribution is 0.386. The molecule has 0 atom stereocenters. The Morgan fingerprint density at radius 2 is 2.22 bits per heavy atom. The number of rotatable bonds is 4. The third-order valence-electron chi connectivity index (χ3n) is 2.46. The van der Waals surface area contributed by atoms with Gasteiger partial charge in [-0.3, -0.25) is 0 Å². The maximum absolute atomic E-state index is 13.5. The van der Waals surface area contributed by atoms with Crippen molar-refractivity contribution in [3.8, 4) is 5.75 Å². The molecular weight excluding hydrogens is 255 g/mol. The third kappa shape index (κ3) is 2.90. The number of nitrogens with zero attached hydrogens (tertiary/aromatic N) is 1.